The topological polar surface area (TPSA) is 129 Å². The number of nitrogens with zero attached hydrogens (tertiary/aromatic N) is 4. The van der Waals surface area contributed by atoms with E-state index in [1.54, 1.807) is 29.3 Å². The van der Waals surface area contributed by atoms with Crippen LogP contribution in [0.4, 0.5) is 15.1 Å². The summed E-state index contributed by atoms with van der Waals surface area (Å²) >= 11 is 4.45. The van der Waals surface area contributed by atoms with Gasteiger partial charge in [0.25, 0.3) is 11.5 Å². The molecule has 0 saturated heterocycles. The first-order valence-electron chi connectivity index (χ1n) is 12.9. The minimum absolute atomic E-state index is 0.111. The van der Waals surface area contributed by atoms with Crippen LogP contribution in [0, 0.1) is 5.82 Å². The largest absolute Gasteiger partial charge is 0.383 e. The fraction of sp³-hybridized carbons (Fsp3) is 0.207. The fourth-order valence-electron chi connectivity index (χ4n) is 4.52. The van der Waals surface area contributed by atoms with E-state index >= 15 is 0 Å². The first-order valence-corrected chi connectivity index (χ1v) is 14.5. The van der Waals surface area contributed by atoms with Crippen LogP contribution < -0.4 is 16.6 Å². The molecule has 0 aliphatic carbocycles. The monoisotopic (exact) mass is 635 g/mol. The molecule has 0 saturated carbocycles. The number of nitrogens with one attached hydrogen (secondary N) is 2. The molecule has 210 valence electrons. The van der Waals surface area contributed by atoms with Crippen LogP contribution >= 0.6 is 27.5 Å². The molecule has 4 N–H and O–H groups in total. The second-order valence-electron chi connectivity index (χ2n) is 9.48. The number of nitrogens with two attached hydrogens (primary N) is 1. The molecule has 41 heavy (non-hydrogen) atoms. The van der Waals surface area contributed by atoms with Gasteiger partial charge in [-0.15, -0.1) is 6.58 Å². The minimum Gasteiger partial charge on any atom is -0.383 e. The maximum atomic E-state index is 14.7. The van der Waals surface area contributed by atoms with Crippen LogP contribution in [0.1, 0.15) is 44.9 Å². The number of allylic oxidation sites excluding steroid dienone is 1. The Kier molecular flexibility index (Phi) is 8.70. The first-order chi connectivity index (χ1) is 19.8. The summed E-state index contributed by atoms with van der Waals surface area (Å²) in [5.74, 6) is -0.470. The zero-order valence-corrected chi connectivity index (χ0v) is 24.4. The number of pyridine rings is 2. The number of anilines is 2. The average molecular weight is 637 g/mol. The lowest BCUT2D eigenvalue weighted by atomic mass is 10.0. The third-order valence-corrected chi connectivity index (χ3v) is 7.88. The minimum atomic E-state index is -0.353. The number of aliphatic imine (C=N–C) groups is 1. The number of carbonyl (C=O) groups is 1. The lowest BCUT2D eigenvalue weighted by molar-refractivity contribution is 0.0745. The van der Waals surface area contributed by atoms with Gasteiger partial charge in [-0.05, 0) is 81.8 Å². The highest BCUT2D eigenvalue weighted by molar-refractivity contribution is 9.10. The number of fused-ring (bicyclic) bond motifs is 1. The molecule has 1 aromatic carbocycles. The number of carbonyl (C=O) groups excluding carboxylic acids is 1. The molecule has 1 amide bonds. The molecule has 9 nitrogen and oxygen atoms in total. The van der Waals surface area contributed by atoms with Crippen molar-refractivity contribution in [3.8, 4) is 0 Å². The van der Waals surface area contributed by atoms with E-state index in [4.69, 9.17) is 5.73 Å². The van der Waals surface area contributed by atoms with E-state index < -0.39 is 0 Å². The van der Waals surface area contributed by atoms with Crippen LogP contribution in [-0.2, 0) is 25.9 Å². The van der Waals surface area contributed by atoms with Crippen molar-refractivity contribution in [1.82, 2.24) is 19.2 Å². The highest BCUT2D eigenvalue weighted by atomic mass is 79.9. The standard InChI is InChI=1S/C29H27BrFN7O2S/c1-2-3-4-17-11-18-15-38(16-22(18)23(31)12-17)29(40)24-8-7-21(14-35-24)36-28-25(27(39)37-41-28)26(32)33-10-9-20-6-5-19(30)13-34-20/h2,5-8,11-14,36H,1,3-4,9-10,15-16H2,(H2,32,33)(H,37,39). The van der Waals surface area contributed by atoms with Crippen molar-refractivity contribution >= 4 is 49.9 Å². The molecular formula is C29H27BrFN7O2S. The molecule has 0 spiro atoms. The highest BCUT2D eigenvalue weighted by Crippen LogP contribution is 2.29. The summed E-state index contributed by atoms with van der Waals surface area (Å²) in [7, 11) is 0. The zero-order chi connectivity index (χ0) is 28.9. The summed E-state index contributed by atoms with van der Waals surface area (Å²) in [6, 6.07) is 10.6. The van der Waals surface area contributed by atoms with E-state index in [-0.39, 0.29) is 40.9 Å². The lowest BCUT2D eigenvalue weighted by Gasteiger charge is -2.15. The summed E-state index contributed by atoms with van der Waals surface area (Å²) < 4.78 is 18.3. The Bertz CT molecular complexity index is 1670. The van der Waals surface area contributed by atoms with Crippen LogP contribution in [0.2, 0.25) is 0 Å². The number of H-pyrrole nitrogens is 1. The Balaban J connectivity index is 1.23. The number of aryl methyl sites for hydroxylation is 1. The van der Waals surface area contributed by atoms with Crippen LogP contribution in [0.15, 0.2) is 75.7 Å². The maximum absolute atomic E-state index is 14.7. The molecule has 0 atom stereocenters. The number of hydrogen-bond acceptors (Lipinski definition) is 7. The number of amides is 1. The van der Waals surface area contributed by atoms with Crippen molar-refractivity contribution < 1.29 is 9.18 Å². The van der Waals surface area contributed by atoms with Gasteiger partial charge < -0.3 is 16.0 Å². The van der Waals surface area contributed by atoms with Crippen LogP contribution in [0.25, 0.3) is 0 Å². The number of rotatable bonds is 10. The number of aromatic nitrogens is 3. The van der Waals surface area contributed by atoms with Gasteiger partial charge in [-0.3, -0.25) is 23.9 Å². The Morgan fingerprint density at radius 1 is 1.22 bits per heavy atom. The molecule has 4 heterocycles. The van der Waals surface area contributed by atoms with E-state index in [1.807, 2.05) is 18.2 Å². The van der Waals surface area contributed by atoms with Crippen LogP contribution in [0.5, 0.6) is 0 Å². The van der Waals surface area contributed by atoms with Crippen molar-refractivity contribution in [2.75, 3.05) is 11.9 Å². The summed E-state index contributed by atoms with van der Waals surface area (Å²) in [5.41, 5.74) is 9.97. The van der Waals surface area contributed by atoms with Crippen molar-refractivity contribution in [3.63, 3.8) is 0 Å². The first kappa shape index (κ1) is 28.4. The van der Waals surface area contributed by atoms with Crippen molar-refractivity contribution in [2.45, 2.75) is 32.4 Å². The van der Waals surface area contributed by atoms with Crippen LogP contribution in [0.3, 0.4) is 0 Å². The van der Waals surface area contributed by atoms with E-state index in [1.165, 1.54) is 12.3 Å². The molecule has 0 radical (unpaired) electrons. The number of halogens is 2. The predicted molar refractivity (Wildman–Crippen MR) is 162 cm³/mol. The average Bonchev–Trinajstić information content (AvgIpc) is 3.56. The number of amidine groups is 1. The Labute approximate surface area is 248 Å². The van der Waals surface area contributed by atoms with Gasteiger partial charge in [0.05, 0.1) is 11.9 Å². The highest BCUT2D eigenvalue weighted by Gasteiger charge is 2.28. The molecule has 0 unspecified atom stereocenters. The summed E-state index contributed by atoms with van der Waals surface area (Å²) in [4.78, 5) is 40.2. The van der Waals surface area contributed by atoms with Crippen molar-refractivity contribution in [3.05, 3.63) is 116 Å². The van der Waals surface area contributed by atoms with E-state index in [9.17, 15) is 14.0 Å². The zero-order valence-electron chi connectivity index (χ0n) is 22.0. The Hall–Kier alpha value is -4.16. The van der Waals surface area contributed by atoms with Gasteiger partial charge >= 0.3 is 0 Å². The molecule has 0 fully saturated rings. The molecule has 1 aliphatic heterocycles. The van der Waals surface area contributed by atoms with Gasteiger partial charge in [-0.25, -0.2) is 9.37 Å². The third kappa shape index (κ3) is 6.60. The van der Waals surface area contributed by atoms with E-state index in [2.05, 4.69) is 47.2 Å². The second kappa shape index (κ2) is 12.6. The summed E-state index contributed by atoms with van der Waals surface area (Å²) in [5, 5.41) is 3.62. The third-order valence-electron chi connectivity index (χ3n) is 6.62. The summed E-state index contributed by atoms with van der Waals surface area (Å²) in [6.07, 6.45) is 7.06. The van der Waals surface area contributed by atoms with E-state index in [0.717, 1.165) is 39.2 Å². The van der Waals surface area contributed by atoms with Gasteiger partial charge in [0.2, 0.25) is 0 Å². The number of hydrogen-bond donors (Lipinski definition) is 3. The maximum Gasteiger partial charge on any atom is 0.273 e. The van der Waals surface area contributed by atoms with Crippen molar-refractivity contribution in [1.29, 1.82) is 0 Å². The second-order valence-corrected chi connectivity index (χ2v) is 11.2. The number of aromatic amines is 1. The van der Waals surface area contributed by atoms with Gasteiger partial charge in [0, 0.05) is 48.0 Å². The Morgan fingerprint density at radius 2 is 2.07 bits per heavy atom. The Morgan fingerprint density at radius 3 is 2.80 bits per heavy atom. The lowest BCUT2D eigenvalue weighted by Crippen LogP contribution is -2.26. The fourth-order valence-corrected chi connectivity index (χ4v) is 5.52. The van der Waals surface area contributed by atoms with Gasteiger partial charge in [-0.2, -0.15) is 0 Å². The van der Waals surface area contributed by atoms with Crippen molar-refractivity contribution in [2.24, 2.45) is 10.7 Å². The normalized spacial score (nSPS) is 12.8. The quantitative estimate of drug-likeness (QED) is 0.126. The van der Waals surface area contributed by atoms with Gasteiger partial charge in [0.1, 0.15) is 27.9 Å². The molecular weight excluding hydrogens is 609 g/mol. The van der Waals surface area contributed by atoms with Gasteiger partial charge in [-0.1, -0.05) is 12.1 Å². The van der Waals surface area contributed by atoms with Gasteiger partial charge in [0.15, 0.2) is 0 Å². The SMILES string of the molecule is C=CCCc1cc(F)c2c(c1)CN(C(=O)c1ccc(Nc3s[nH]c(=O)c3C(N)=NCCc3ccc(Br)cn3)cn1)C2. The molecule has 5 rings (SSSR count). The van der Waals surface area contributed by atoms with E-state index in [0.29, 0.717) is 42.2 Å². The predicted octanol–water partition coefficient (Wildman–Crippen LogP) is 5.09. The molecule has 3 aromatic heterocycles. The number of benzene rings is 1. The molecule has 12 heteroatoms. The summed E-state index contributed by atoms with van der Waals surface area (Å²) in [6.45, 7) is 4.61. The van der Waals surface area contributed by atoms with Crippen LogP contribution in [-0.4, -0.2) is 37.5 Å². The molecule has 4 aromatic rings. The smallest absolute Gasteiger partial charge is 0.273 e. The molecule has 1 aliphatic rings. The molecule has 0 bridgehead atoms.